The van der Waals surface area contributed by atoms with Crippen molar-refractivity contribution in [2.45, 2.75) is 57.0 Å². The van der Waals surface area contributed by atoms with Crippen molar-refractivity contribution < 1.29 is 4.79 Å². The van der Waals surface area contributed by atoms with Gasteiger partial charge in [-0.2, -0.15) is 0 Å². The summed E-state index contributed by atoms with van der Waals surface area (Å²) in [5, 5.41) is 3.02. The molecular formula is C13H25N3O. The standard InChI is InChI=1S/C13H25N3O/c1-11(16-8-3-2-4-9-16)10-15-12(17)13(14)6-5-7-13/h11H,2-10,14H2,1H3,(H,15,17). The lowest BCUT2D eigenvalue weighted by Crippen LogP contribution is -2.59. The lowest BCUT2D eigenvalue weighted by atomic mass is 9.77. The molecule has 2 fully saturated rings. The smallest absolute Gasteiger partial charge is 0.240 e. The van der Waals surface area contributed by atoms with E-state index in [0.29, 0.717) is 6.04 Å². The first-order chi connectivity index (χ1) is 8.12. The number of likely N-dealkylation sites (tertiary alicyclic amines) is 1. The number of nitrogens with two attached hydrogens (primary N) is 1. The van der Waals surface area contributed by atoms with Crippen LogP contribution in [0.15, 0.2) is 0 Å². The van der Waals surface area contributed by atoms with Crippen LogP contribution in [0.25, 0.3) is 0 Å². The number of amides is 1. The Bertz CT molecular complexity index is 270. The molecule has 98 valence electrons. The third-order valence-corrected chi connectivity index (χ3v) is 4.27. The molecule has 1 aliphatic heterocycles. The molecule has 0 spiro atoms. The first-order valence-electron chi connectivity index (χ1n) is 6.93. The lowest BCUT2D eigenvalue weighted by molar-refractivity contribution is -0.129. The van der Waals surface area contributed by atoms with Crippen molar-refractivity contribution in [1.29, 1.82) is 0 Å². The Morgan fingerprint density at radius 2 is 1.94 bits per heavy atom. The molecule has 3 N–H and O–H groups in total. The Balaban J connectivity index is 1.71. The zero-order valence-electron chi connectivity index (χ0n) is 10.9. The molecule has 1 atom stereocenters. The summed E-state index contributed by atoms with van der Waals surface area (Å²) in [5.74, 6) is 0.0487. The van der Waals surface area contributed by atoms with Gasteiger partial charge in [0.15, 0.2) is 0 Å². The fourth-order valence-electron chi connectivity index (χ4n) is 2.69. The molecule has 1 saturated heterocycles. The molecule has 0 aromatic carbocycles. The monoisotopic (exact) mass is 239 g/mol. The van der Waals surface area contributed by atoms with Crippen molar-refractivity contribution in [1.82, 2.24) is 10.2 Å². The third kappa shape index (κ3) is 2.99. The van der Waals surface area contributed by atoms with E-state index >= 15 is 0 Å². The molecule has 0 aromatic heterocycles. The Kier molecular flexibility index (Phi) is 4.05. The van der Waals surface area contributed by atoms with E-state index in [0.717, 1.165) is 25.8 Å². The highest BCUT2D eigenvalue weighted by Gasteiger charge is 2.40. The normalized spacial score (nSPS) is 26.0. The molecule has 4 heteroatoms. The van der Waals surface area contributed by atoms with Crippen molar-refractivity contribution in [3.63, 3.8) is 0 Å². The number of hydrogen-bond donors (Lipinski definition) is 2. The van der Waals surface area contributed by atoms with Gasteiger partial charge in [0.25, 0.3) is 0 Å². The van der Waals surface area contributed by atoms with E-state index in [1.54, 1.807) is 0 Å². The van der Waals surface area contributed by atoms with Gasteiger partial charge in [0.2, 0.25) is 5.91 Å². The topological polar surface area (TPSA) is 58.4 Å². The Labute approximate surface area is 104 Å². The summed E-state index contributed by atoms with van der Waals surface area (Å²) in [5.41, 5.74) is 5.43. The molecule has 4 nitrogen and oxygen atoms in total. The molecule has 0 radical (unpaired) electrons. The quantitative estimate of drug-likeness (QED) is 0.765. The van der Waals surface area contributed by atoms with Gasteiger partial charge in [0.05, 0.1) is 5.54 Å². The second-order valence-electron chi connectivity index (χ2n) is 5.67. The van der Waals surface area contributed by atoms with E-state index in [-0.39, 0.29) is 5.91 Å². The minimum absolute atomic E-state index is 0.0487. The Morgan fingerprint density at radius 3 is 2.47 bits per heavy atom. The van der Waals surface area contributed by atoms with Crippen LogP contribution in [0.4, 0.5) is 0 Å². The molecular weight excluding hydrogens is 214 g/mol. The lowest BCUT2D eigenvalue weighted by Gasteiger charge is -2.37. The number of carbonyl (C=O) groups is 1. The number of rotatable bonds is 4. The van der Waals surface area contributed by atoms with Crippen LogP contribution in [0.3, 0.4) is 0 Å². The van der Waals surface area contributed by atoms with Gasteiger partial charge < -0.3 is 11.1 Å². The van der Waals surface area contributed by atoms with Crippen LogP contribution >= 0.6 is 0 Å². The van der Waals surface area contributed by atoms with Crippen LogP contribution in [0.2, 0.25) is 0 Å². The maximum atomic E-state index is 11.9. The van der Waals surface area contributed by atoms with E-state index < -0.39 is 5.54 Å². The molecule has 2 rings (SSSR count). The fourth-order valence-corrected chi connectivity index (χ4v) is 2.69. The zero-order chi connectivity index (χ0) is 12.3. The van der Waals surface area contributed by atoms with Crippen LogP contribution < -0.4 is 11.1 Å². The van der Waals surface area contributed by atoms with Gasteiger partial charge in [-0.1, -0.05) is 6.42 Å². The minimum Gasteiger partial charge on any atom is -0.353 e. The Hall–Kier alpha value is -0.610. The first kappa shape index (κ1) is 12.8. The highest BCUT2D eigenvalue weighted by atomic mass is 16.2. The molecule has 1 amide bonds. The largest absolute Gasteiger partial charge is 0.353 e. The van der Waals surface area contributed by atoms with Crippen LogP contribution in [0, 0.1) is 0 Å². The predicted octanol–water partition coefficient (Wildman–Crippen LogP) is 0.858. The van der Waals surface area contributed by atoms with Gasteiger partial charge in [-0.3, -0.25) is 9.69 Å². The van der Waals surface area contributed by atoms with Gasteiger partial charge in [-0.05, 0) is 52.1 Å². The average molecular weight is 239 g/mol. The molecule has 1 aliphatic carbocycles. The zero-order valence-corrected chi connectivity index (χ0v) is 10.9. The molecule has 2 aliphatic rings. The van der Waals surface area contributed by atoms with E-state index in [1.165, 1.54) is 32.4 Å². The Morgan fingerprint density at radius 1 is 1.29 bits per heavy atom. The minimum atomic E-state index is -0.554. The molecule has 1 saturated carbocycles. The summed E-state index contributed by atoms with van der Waals surface area (Å²) in [6.07, 6.45) is 6.71. The fraction of sp³-hybridized carbons (Fsp3) is 0.923. The van der Waals surface area contributed by atoms with Gasteiger partial charge in [0, 0.05) is 12.6 Å². The number of carbonyl (C=O) groups excluding carboxylic acids is 1. The van der Waals surface area contributed by atoms with Crippen molar-refractivity contribution in [2.75, 3.05) is 19.6 Å². The van der Waals surface area contributed by atoms with E-state index in [4.69, 9.17) is 5.73 Å². The van der Waals surface area contributed by atoms with Crippen LogP contribution in [-0.4, -0.2) is 42.0 Å². The average Bonchev–Trinajstić information content (AvgIpc) is 2.33. The summed E-state index contributed by atoms with van der Waals surface area (Å²) >= 11 is 0. The summed E-state index contributed by atoms with van der Waals surface area (Å²) < 4.78 is 0. The van der Waals surface area contributed by atoms with Gasteiger partial charge in [-0.25, -0.2) is 0 Å². The molecule has 0 bridgehead atoms. The van der Waals surface area contributed by atoms with Crippen molar-refractivity contribution in [3.8, 4) is 0 Å². The maximum Gasteiger partial charge on any atom is 0.240 e. The second-order valence-corrected chi connectivity index (χ2v) is 5.67. The molecule has 0 aromatic rings. The van der Waals surface area contributed by atoms with E-state index in [1.807, 2.05) is 0 Å². The first-order valence-corrected chi connectivity index (χ1v) is 6.93. The number of nitrogens with one attached hydrogen (secondary N) is 1. The van der Waals surface area contributed by atoms with Crippen LogP contribution in [0.5, 0.6) is 0 Å². The van der Waals surface area contributed by atoms with Gasteiger partial charge in [-0.15, -0.1) is 0 Å². The van der Waals surface area contributed by atoms with Crippen molar-refractivity contribution in [3.05, 3.63) is 0 Å². The van der Waals surface area contributed by atoms with Gasteiger partial charge in [0.1, 0.15) is 0 Å². The second kappa shape index (κ2) is 5.36. The summed E-state index contributed by atoms with van der Waals surface area (Å²) in [4.78, 5) is 14.3. The summed E-state index contributed by atoms with van der Waals surface area (Å²) in [6.45, 7) is 5.27. The molecule has 1 unspecified atom stereocenters. The number of hydrogen-bond acceptors (Lipinski definition) is 3. The van der Waals surface area contributed by atoms with Crippen molar-refractivity contribution in [2.24, 2.45) is 5.73 Å². The van der Waals surface area contributed by atoms with E-state index in [9.17, 15) is 4.79 Å². The molecule has 17 heavy (non-hydrogen) atoms. The van der Waals surface area contributed by atoms with E-state index in [2.05, 4.69) is 17.1 Å². The number of nitrogens with zero attached hydrogens (tertiary/aromatic N) is 1. The van der Waals surface area contributed by atoms with Crippen molar-refractivity contribution >= 4 is 5.91 Å². The predicted molar refractivity (Wildman–Crippen MR) is 68.7 cm³/mol. The number of piperidine rings is 1. The SMILES string of the molecule is CC(CNC(=O)C1(N)CCC1)N1CCCCC1. The van der Waals surface area contributed by atoms with Gasteiger partial charge >= 0.3 is 0 Å². The highest BCUT2D eigenvalue weighted by molar-refractivity contribution is 5.87. The summed E-state index contributed by atoms with van der Waals surface area (Å²) in [7, 11) is 0. The van der Waals surface area contributed by atoms with Crippen LogP contribution in [0.1, 0.15) is 45.4 Å². The summed E-state index contributed by atoms with van der Waals surface area (Å²) in [6, 6.07) is 0.433. The third-order valence-electron chi connectivity index (χ3n) is 4.27. The van der Waals surface area contributed by atoms with Crippen LogP contribution in [-0.2, 0) is 4.79 Å². The highest BCUT2D eigenvalue weighted by Crippen LogP contribution is 2.29. The molecule has 1 heterocycles. The maximum absolute atomic E-state index is 11.9.